The van der Waals surface area contributed by atoms with Gasteiger partial charge in [-0.3, -0.25) is 0 Å². The van der Waals surface area contributed by atoms with Gasteiger partial charge in [0.05, 0.1) is 0 Å². The molecule has 0 radical (unpaired) electrons. The van der Waals surface area contributed by atoms with Gasteiger partial charge in [-0.1, -0.05) is 56.2 Å². The summed E-state index contributed by atoms with van der Waals surface area (Å²) in [5.41, 5.74) is 3.54. The number of hydrogen-bond donors (Lipinski definition) is 0. The van der Waals surface area contributed by atoms with Gasteiger partial charge in [0, 0.05) is 0 Å². The van der Waals surface area contributed by atoms with Crippen LogP contribution in [0.1, 0.15) is 56.9 Å². The molecule has 1 aliphatic rings. The van der Waals surface area contributed by atoms with Gasteiger partial charge in [-0.25, -0.2) is 0 Å². The molecule has 0 aliphatic heterocycles. The van der Waals surface area contributed by atoms with Crippen molar-refractivity contribution in [1.29, 1.82) is 0 Å². The molecule has 2 aromatic rings. The molecule has 1 saturated carbocycles. The molecule has 1 fully saturated rings. The highest BCUT2D eigenvalue weighted by molar-refractivity contribution is 5.64. The lowest BCUT2D eigenvalue weighted by molar-refractivity contribution is -0.0498. The molecule has 1 aliphatic carbocycles. The molecule has 3 rings (SSSR count). The Bertz CT molecular complexity index is 641. The third-order valence-corrected chi connectivity index (χ3v) is 5.34. The fourth-order valence-electron chi connectivity index (χ4n) is 3.97. The minimum Gasteiger partial charge on any atom is -0.435 e. The highest BCUT2D eigenvalue weighted by Crippen LogP contribution is 2.38. The van der Waals surface area contributed by atoms with Crippen LogP contribution in [0, 0.1) is 5.92 Å². The second kappa shape index (κ2) is 8.46. The van der Waals surface area contributed by atoms with Crippen LogP contribution in [-0.2, 0) is 0 Å². The summed E-state index contributed by atoms with van der Waals surface area (Å²) in [7, 11) is 0. The van der Waals surface area contributed by atoms with E-state index in [0.717, 1.165) is 17.0 Å². The van der Waals surface area contributed by atoms with Gasteiger partial charge in [-0.2, -0.15) is 8.78 Å². The van der Waals surface area contributed by atoms with Crippen molar-refractivity contribution in [2.24, 2.45) is 5.92 Å². The topological polar surface area (TPSA) is 9.23 Å². The van der Waals surface area contributed by atoms with Crippen LogP contribution in [0.3, 0.4) is 0 Å². The van der Waals surface area contributed by atoms with Crippen molar-refractivity contribution >= 4 is 0 Å². The molecular formula is C22H26F2O. The SMILES string of the molecule is CCCC1CCC(c2ccc(-c3ccc(OC(F)F)cc3)cc2)CC1. The summed E-state index contributed by atoms with van der Waals surface area (Å²) in [5.74, 6) is 1.80. The Morgan fingerprint density at radius 1 is 0.880 bits per heavy atom. The molecule has 2 aromatic carbocycles. The van der Waals surface area contributed by atoms with Crippen LogP contribution in [0.25, 0.3) is 11.1 Å². The van der Waals surface area contributed by atoms with Gasteiger partial charge < -0.3 is 4.74 Å². The van der Waals surface area contributed by atoms with Crippen molar-refractivity contribution in [2.45, 2.75) is 58.0 Å². The normalized spacial score (nSPS) is 20.6. The Kier molecular flexibility index (Phi) is 6.06. The van der Waals surface area contributed by atoms with Crippen LogP contribution >= 0.6 is 0 Å². The zero-order valence-electron chi connectivity index (χ0n) is 14.8. The van der Waals surface area contributed by atoms with E-state index in [4.69, 9.17) is 0 Å². The predicted octanol–water partition coefficient (Wildman–Crippen LogP) is 7.03. The molecule has 0 amide bonds. The molecule has 0 unspecified atom stereocenters. The zero-order chi connectivity index (χ0) is 17.6. The maximum absolute atomic E-state index is 12.2. The number of alkyl halides is 2. The first kappa shape index (κ1) is 17.9. The highest BCUT2D eigenvalue weighted by Gasteiger charge is 2.21. The number of benzene rings is 2. The Labute approximate surface area is 149 Å². The van der Waals surface area contributed by atoms with Crippen molar-refractivity contribution < 1.29 is 13.5 Å². The van der Waals surface area contributed by atoms with Gasteiger partial charge in [0.2, 0.25) is 0 Å². The summed E-state index contributed by atoms with van der Waals surface area (Å²) in [6.45, 7) is -0.505. The van der Waals surface area contributed by atoms with E-state index in [1.54, 1.807) is 12.1 Å². The lowest BCUT2D eigenvalue weighted by Crippen LogP contribution is -2.13. The van der Waals surface area contributed by atoms with E-state index in [1.165, 1.54) is 44.1 Å². The van der Waals surface area contributed by atoms with Gasteiger partial charge in [0.25, 0.3) is 0 Å². The Morgan fingerprint density at radius 3 is 1.96 bits per heavy atom. The smallest absolute Gasteiger partial charge is 0.387 e. The molecule has 0 saturated heterocycles. The van der Waals surface area contributed by atoms with Crippen molar-refractivity contribution in [3.63, 3.8) is 0 Å². The first-order valence-electron chi connectivity index (χ1n) is 9.31. The summed E-state index contributed by atoms with van der Waals surface area (Å²) in [6.07, 6.45) is 7.97. The van der Waals surface area contributed by atoms with E-state index in [9.17, 15) is 8.78 Å². The van der Waals surface area contributed by atoms with Crippen molar-refractivity contribution in [1.82, 2.24) is 0 Å². The van der Waals surface area contributed by atoms with Crippen LogP contribution in [-0.4, -0.2) is 6.61 Å². The van der Waals surface area contributed by atoms with Crippen LogP contribution in [0.15, 0.2) is 48.5 Å². The summed E-state index contributed by atoms with van der Waals surface area (Å²) in [6, 6.07) is 15.5. The van der Waals surface area contributed by atoms with Crippen LogP contribution in [0.5, 0.6) is 5.75 Å². The number of hydrogen-bond acceptors (Lipinski definition) is 1. The van der Waals surface area contributed by atoms with E-state index in [1.807, 2.05) is 12.1 Å². The lowest BCUT2D eigenvalue weighted by Gasteiger charge is -2.28. The van der Waals surface area contributed by atoms with Gasteiger partial charge in [-0.15, -0.1) is 0 Å². The van der Waals surface area contributed by atoms with E-state index in [-0.39, 0.29) is 5.75 Å². The average Bonchev–Trinajstić information content (AvgIpc) is 2.63. The third-order valence-electron chi connectivity index (χ3n) is 5.34. The van der Waals surface area contributed by atoms with Crippen LogP contribution < -0.4 is 4.74 Å². The second-order valence-corrected chi connectivity index (χ2v) is 7.03. The molecule has 134 valence electrons. The minimum absolute atomic E-state index is 0.194. The standard InChI is InChI=1S/C22H26F2O/c1-2-3-16-4-6-17(7-5-16)18-8-10-19(11-9-18)20-12-14-21(15-13-20)25-22(23)24/h8-17,22H,2-7H2,1H3. The Morgan fingerprint density at radius 2 is 1.44 bits per heavy atom. The molecule has 3 heteroatoms. The van der Waals surface area contributed by atoms with Crippen molar-refractivity contribution in [3.8, 4) is 16.9 Å². The minimum atomic E-state index is -2.78. The summed E-state index contributed by atoms with van der Waals surface area (Å²) in [4.78, 5) is 0. The number of ether oxygens (including phenoxy) is 1. The van der Waals surface area contributed by atoms with Crippen molar-refractivity contribution in [3.05, 3.63) is 54.1 Å². The molecule has 25 heavy (non-hydrogen) atoms. The highest BCUT2D eigenvalue weighted by atomic mass is 19.3. The van der Waals surface area contributed by atoms with Gasteiger partial charge in [0.15, 0.2) is 0 Å². The number of rotatable bonds is 6. The van der Waals surface area contributed by atoms with E-state index < -0.39 is 6.61 Å². The number of halogens is 2. The summed E-state index contributed by atoms with van der Waals surface area (Å²) >= 11 is 0. The molecule has 0 aromatic heterocycles. The lowest BCUT2D eigenvalue weighted by atomic mass is 9.77. The van der Waals surface area contributed by atoms with E-state index in [2.05, 4.69) is 35.9 Å². The van der Waals surface area contributed by atoms with E-state index >= 15 is 0 Å². The third kappa shape index (κ3) is 4.81. The first-order chi connectivity index (χ1) is 12.2. The summed E-state index contributed by atoms with van der Waals surface area (Å²) in [5, 5.41) is 0. The molecule has 0 atom stereocenters. The average molecular weight is 344 g/mol. The van der Waals surface area contributed by atoms with Gasteiger partial charge in [0.1, 0.15) is 5.75 Å². The van der Waals surface area contributed by atoms with Gasteiger partial charge in [-0.05, 0) is 66.3 Å². The Balaban J connectivity index is 1.62. The molecule has 1 nitrogen and oxygen atoms in total. The largest absolute Gasteiger partial charge is 0.435 e. The van der Waals surface area contributed by atoms with Crippen molar-refractivity contribution in [2.75, 3.05) is 0 Å². The quantitative estimate of drug-likeness (QED) is 0.546. The van der Waals surface area contributed by atoms with Gasteiger partial charge >= 0.3 is 6.61 Å². The predicted molar refractivity (Wildman–Crippen MR) is 98.1 cm³/mol. The fraction of sp³-hybridized carbons (Fsp3) is 0.455. The summed E-state index contributed by atoms with van der Waals surface area (Å²) < 4.78 is 28.8. The first-order valence-corrected chi connectivity index (χ1v) is 9.31. The molecule has 0 bridgehead atoms. The second-order valence-electron chi connectivity index (χ2n) is 7.03. The maximum Gasteiger partial charge on any atom is 0.387 e. The Hall–Kier alpha value is -1.90. The molecule has 0 spiro atoms. The maximum atomic E-state index is 12.2. The van der Waals surface area contributed by atoms with E-state index in [0.29, 0.717) is 5.92 Å². The fourth-order valence-corrected chi connectivity index (χ4v) is 3.97. The monoisotopic (exact) mass is 344 g/mol. The van der Waals surface area contributed by atoms with Crippen LogP contribution in [0.4, 0.5) is 8.78 Å². The zero-order valence-corrected chi connectivity index (χ0v) is 14.8. The molecular weight excluding hydrogens is 318 g/mol. The molecule has 0 heterocycles. The van der Waals surface area contributed by atoms with Crippen LogP contribution in [0.2, 0.25) is 0 Å². The molecule has 0 N–H and O–H groups in total.